The van der Waals surface area contributed by atoms with E-state index in [0.717, 1.165) is 6.07 Å². The zero-order chi connectivity index (χ0) is 11.0. The molecule has 5 heteroatoms. The maximum absolute atomic E-state index is 13.6. The predicted molar refractivity (Wildman–Crippen MR) is 53.0 cm³/mol. The number of nitrogen functional groups attached to an aromatic ring is 1. The molecule has 0 aliphatic carbocycles. The second-order valence-electron chi connectivity index (χ2n) is 3.23. The first-order chi connectivity index (χ1) is 7.09. The lowest BCUT2D eigenvalue weighted by Crippen LogP contribution is -1.97. The largest absolute Gasteiger partial charge is 0.394 e. The van der Waals surface area contributed by atoms with Gasteiger partial charge in [-0.2, -0.15) is 5.10 Å². The molecule has 0 aliphatic heterocycles. The van der Waals surface area contributed by atoms with Gasteiger partial charge in [0.05, 0.1) is 6.20 Å². The van der Waals surface area contributed by atoms with Gasteiger partial charge in [-0.1, -0.05) is 0 Å². The van der Waals surface area contributed by atoms with Crippen molar-refractivity contribution < 1.29 is 8.78 Å². The first-order valence-electron chi connectivity index (χ1n) is 4.32. The molecule has 0 saturated carbocycles. The number of anilines is 1. The number of nitrogens with zero attached hydrogens (tertiary/aromatic N) is 2. The van der Waals surface area contributed by atoms with Crippen LogP contribution in [0.2, 0.25) is 0 Å². The summed E-state index contributed by atoms with van der Waals surface area (Å²) < 4.78 is 28.0. The third kappa shape index (κ3) is 1.56. The molecule has 0 unspecified atom stereocenters. The van der Waals surface area contributed by atoms with Crippen molar-refractivity contribution in [2.75, 3.05) is 5.73 Å². The first-order valence-corrected chi connectivity index (χ1v) is 4.32. The van der Waals surface area contributed by atoms with Gasteiger partial charge in [0.2, 0.25) is 0 Å². The van der Waals surface area contributed by atoms with Crippen molar-refractivity contribution in [3.05, 3.63) is 36.2 Å². The van der Waals surface area contributed by atoms with Crippen LogP contribution < -0.4 is 5.73 Å². The number of nitrogens with two attached hydrogens (primary N) is 1. The van der Waals surface area contributed by atoms with Gasteiger partial charge in [0.1, 0.15) is 11.5 Å². The normalized spacial score (nSPS) is 10.6. The lowest BCUT2D eigenvalue weighted by atomic mass is 10.1. The van der Waals surface area contributed by atoms with E-state index in [1.165, 1.54) is 16.9 Å². The molecule has 1 aromatic carbocycles. The Morgan fingerprint density at radius 1 is 1.33 bits per heavy atom. The Morgan fingerprint density at radius 3 is 2.67 bits per heavy atom. The molecule has 0 bridgehead atoms. The van der Waals surface area contributed by atoms with Crippen LogP contribution in [-0.4, -0.2) is 9.78 Å². The molecule has 0 saturated heterocycles. The van der Waals surface area contributed by atoms with Gasteiger partial charge in [0.25, 0.3) is 0 Å². The fourth-order valence-electron chi connectivity index (χ4n) is 1.35. The van der Waals surface area contributed by atoms with Crippen LogP contribution in [0, 0.1) is 11.6 Å². The number of aryl methyl sites for hydroxylation is 1. The summed E-state index contributed by atoms with van der Waals surface area (Å²) in [6, 6.07) is 2.48. The number of hydrogen-bond acceptors (Lipinski definition) is 2. The summed E-state index contributed by atoms with van der Waals surface area (Å²) in [7, 11) is 1.72. The van der Waals surface area contributed by atoms with Crippen LogP contribution in [0.1, 0.15) is 0 Å². The van der Waals surface area contributed by atoms with E-state index >= 15 is 0 Å². The minimum atomic E-state index is -0.750. The lowest BCUT2D eigenvalue weighted by molar-refractivity contribution is 0.594. The quantitative estimate of drug-likeness (QED) is 0.729. The second-order valence-corrected chi connectivity index (χ2v) is 3.23. The van der Waals surface area contributed by atoms with E-state index in [1.807, 2.05) is 0 Å². The van der Waals surface area contributed by atoms with E-state index in [2.05, 4.69) is 5.10 Å². The van der Waals surface area contributed by atoms with Crippen LogP contribution in [0.4, 0.5) is 14.5 Å². The van der Waals surface area contributed by atoms with Crippen LogP contribution in [-0.2, 0) is 7.05 Å². The van der Waals surface area contributed by atoms with Crippen molar-refractivity contribution in [1.29, 1.82) is 0 Å². The summed E-state index contributed by atoms with van der Waals surface area (Å²) in [5, 5.41) is 3.90. The number of hydrogen-bond donors (Lipinski definition) is 1. The molecule has 1 aromatic heterocycles. The summed E-state index contributed by atoms with van der Waals surface area (Å²) >= 11 is 0. The summed E-state index contributed by atoms with van der Waals surface area (Å²) in [6.07, 6.45) is 3.13. The molecule has 1 heterocycles. The van der Waals surface area contributed by atoms with Crippen LogP contribution in [0.5, 0.6) is 0 Å². The maximum atomic E-state index is 13.6. The highest BCUT2D eigenvalue weighted by molar-refractivity contribution is 5.67. The van der Waals surface area contributed by atoms with E-state index in [-0.39, 0.29) is 5.56 Å². The standard InChI is InChI=1S/C10H9F2N3/c1-15-5-6(4-14-15)7-2-3-8(11)10(13)9(7)12/h2-5H,13H2,1H3. The highest BCUT2D eigenvalue weighted by atomic mass is 19.1. The maximum Gasteiger partial charge on any atom is 0.157 e. The van der Waals surface area contributed by atoms with Crippen LogP contribution >= 0.6 is 0 Å². The van der Waals surface area contributed by atoms with Crippen LogP contribution in [0.25, 0.3) is 11.1 Å². The van der Waals surface area contributed by atoms with Gasteiger partial charge < -0.3 is 5.73 Å². The number of benzene rings is 1. The van der Waals surface area contributed by atoms with Gasteiger partial charge in [-0.15, -0.1) is 0 Å². The minimum absolute atomic E-state index is 0.252. The molecule has 0 radical (unpaired) electrons. The molecule has 15 heavy (non-hydrogen) atoms. The highest BCUT2D eigenvalue weighted by Crippen LogP contribution is 2.27. The third-order valence-corrected chi connectivity index (χ3v) is 2.14. The summed E-state index contributed by atoms with van der Waals surface area (Å²) in [4.78, 5) is 0. The fourth-order valence-corrected chi connectivity index (χ4v) is 1.35. The smallest absolute Gasteiger partial charge is 0.157 e. The van der Waals surface area contributed by atoms with Crippen LogP contribution in [0.15, 0.2) is 24.5 Å². The molecule has 0 atom stereocenters. The first kappa shape index (κ1) is 9.64. The zero-order valence-corrected chi connectivity index (χ0v) is 8.04. The molecule has 3 nitrogen and oxygen atoms in total. The van der Waals surface area contributed by atoms with Crippen molar-refractivity contribution in [2.24, 2.45) is 7.05 Å². The van der Waals surface area contributed by atoms with Gasteiger partial charge in [-0.05, 0) is 12.1 Å². The lowest BCUT2D eigenvalue weighted by Gasteiger charge is -2.03. The molecule has 78 valence electrons. The fraction of sp³-hybridized carbons (Fsp3) is 0.100. The molecule has 2 rings (SSSR count). The van der Waals surface area contributed by atoms with E-state index in [9.17, 15) is 8.78 Å². The SMILES string of the molecule is Cn1cc(-c2ccc(F)c(N)c2F)cn1. The third-order valence-electron chi connectivity index (χ3n) is 2.14. The van der Waals surface area contributed by atoms with Gasteiger partial charge in [0.15, 0.2) is 5.82 Å². The summed E-state index contributed by atoms with van der Waals surface area (Å²) in [6.45, 7) is 0. The Kier molecular flexibility index (Phi) is 2.15. The van der Waals surface area contributed by atoms with Gasteiger partial charge >= 0.3 is 0 Å². The second kappa shape index (κ2) is 3.34. The average molecular weight is 209 g/mol. The van der Waals surface area contributed by atoms with E-state index < -0.39 is 17.3 Å². The topological polar surface area (TPSA) is 43.8 Å². The van der Waals surface area contributed by atoms with Gasteiger partial charge in [-0.25, -0.2) is 8.78 Å². The summed E-state index contributed by atoms with van der Waals surface area (Å²) in [5.41, 5.74) is 5.61. The predicted octanol–water partition coefficient (Wildman–Crippen LogP) is 1.95. The number of halogens is 2. The Labute approximate surface area is 85.1 Å². The molecular formula is C10H9F2N3. The number of rotatable bonds is 1. The zero-order valence-electron chi connectivity index (χ0n) is 8.04. The van der Waals surface area contributed by atoms with Gasteiger partial charge in [-0.3, -0.25) is 4.68 Å². The van der Waals surface area contributed by atoms with Crippen molar-refractivity contribution in [2.45, 2.75) is 0 Å². The minimum Gasteiger partial charge on any atom is -0.394 e. The van der Waals surface area contributed by atoms with E-state index in [0.29, 0.717) is 5.56 Å². The Balaban J connectivity index is 2.59. The number of aromatic nitrogens is 2. The Hall–Kier alpha value is -1.91. The van der Waals surface area contributed by atoms with Gasteiger partial charge in [0, 0.05) is 24.4 Å². The monoisotopic (exact) mass is 209 g/mol. The van der Waals surface area contributed by atoms with Crippen molar-refractivity contribution in [1.82, 2.24) is 9.78 Å². The molecular weight excluding hydrogens is 200 g/mol. The van der Waals surface area contributed by atoms with Crippen molar-refractivity contribution >= 4 is 5.69 Å². The molecule has 2 aromatic rings. The Morgan fingerprint density at radius 2 is 2.07 bits per heavy atom. The highest BCUT2D eigenvalue weighted by Gasteiger charge is 2.12. The van der Waals surface area contributed by atoms with E-state index in [1.54, 1.807) is 13.2 Å². The molecule has 0 spiro atoms. The molecule has 0 amide bonds. The van der Waals surface area contributed by atoms with E-state index in [4.69, 9.17) is 5.73 Å². The van der Waals surface area contributed by atoms with Crippen molar-refractivity contribution in [3.8, 4) is 11.1 Å². The molecule has 0 fully saturated rings. The van der Waals surface area contributed by atoms with Crippen LogP contribution in [0.3, 0.4) is 0 Å². The summed E-state index contributed by atoms with van der Waals surface area (Å²) in [5.74, 6) is -1.50. The average Bonchev–Trinajstić information content (AvgIpc) is 2.61. The Bertz CT molecular complexity index is 505. The van der Waals surface area contributed by atoms with Crippen molar-refractivity contribution in [3.63, 3.8) is 0 Å². The molecule has 2 N–H and O–H groups in total. The molecule has 0 aliphatic rings.